The summed E-state index contributed by atoms with van der Waals surface area (Å²) in [7, 11) is 1.58. The van der Waals surface area contributed by atoms with Gasteiger partial charge in [0, 0.05) is 30.5 Å². The van der Waals surface area contributed by atoms with Gasteiger partial charge in [0.1, 0.15) is 12.4 Å². The lowest BCUT2D eigenvalue weighted by Gasteiger charge is -2.39. The smallest absolute Gasteiger partial charge is 0.200 e. The summed E-state index contributed by atoms with van der Waals surface area (Å²) in [5.74, 6) is -1.05. The molecule has 2 saturated heterocycles. The van der Waals surface area contributed by atoms with E-state index in [2.05, 4.69) is 0 Å². The molecule has 0 saturated carbocycles. The zero-order chi connectivity index (χ0) is 19.8. The molecule has 5 nitrogen and oxygen atoms in total. The van der Waals surface area contributed by atoms with Gasteiger partial charge in [-0.3, -0.25) is 0 Å². The minimum atomic E-state index is -1.01. The molecule has 0 amide bonds. The molecule has 1 unspecified atom stereocenters. The quantitative estimate of drug-likeness (QED) is 0.787. The van der Waals surface area contributed by atoms with Crippen molar-refractivity contribution in [2.24, 2.45) is 0 Å². The number of fused-ring (bicyclic) bond motifs is 2. The molecule has 2 bridgehead atoms. The third kappa shape index (κ3) is 3.65. The highest BCUT2D eigenvalue weighted by atomic mass is 35.5. The monoisotopic (exact) mass is 404 g/mol. The van der Waals surface area contributed by atoms with Crippen molar-refractivity contribution in [3.63, 3.8) is 0 Å². The second kappa shape index (κ2) is 7.65. The Labute approximate surface area is 170 Å². The van der Waals surface area contributed by atoms with Gasteiger partial charge in [-0.2, -0.15) is 0 Å². The SMILES string of the molecule is CCOc1ccc(Cc2cc([C@]34CC(O)C[C@](OC)(CO3)O4)ccc2Cl)cc1. The molecule has 2 aliphatic heterocycles. The van der Waals surface area contributed by atoms with Gasteiger partial charge < -0.3 is 24.1 Å². The first-order valence-electron chi connectivity index (χ1n) is 9.55. The van der Waals surface area contributed by atoms with Crippen LogP contribution in [0.5, 0.6) is 5.75 Å². The Balaban J connectivity index is 1.60. The molecule has 2 aromatic carbocycles. The summed E-state index contributed by atoms with van der Waals surface area (Å²) in [6.45, 7) is 2.90. The molecule has 2 aromatic rings. The highest BCUT2D eigenvalue weighted by Gasteiger charge is 2.58. The van der Waals surface area contributed by atoms with Crippen LogP contribution in [0.4, 0.5) is 0 Å². The maximum atomic E-state index is 10.4. The average Bonchev–Trinajstić information content (AvgIpc) is 2.98. The predicted molar refractivity (Wildman–Crippen MR) is 106 cm³/mol. The Morgan fingerprint density at radius 3 is 2.68 bits per heavy atom. The number of aliphatic hydroxyl groups excluding tert-OH is 1. The fourth-order valence-corrected chi connectivity index (χ4v) is 4.19. The Kier molecular flexibility index (Phi) is 5.38. The first-order valence-corrected chi connectivity index (χ1v) is 9.93. The zero-order valence-electron chi connectivity index (χ0n) is 16.1. The average molecular weight is 405 g/mol. The van der Waals surface area contributed by atoms with Gasteiger partial charge in [-0.1, -0.05) is 29.8 Å². The molecule has 0 spiro atoms. The normalized spacial score (nSPS) is 29.1. The highest BCUT2D eigenvalue weighted by molar-refractivity contribution is 6.31. The van der Waals surface area contributed by atoms with Crippen LogP contribution in [-0.2, 0) is 26.4 Å². The number of halogens is 1. The van der Waals surface area contributed by atoms with Gasteiger partial charge in [-0.05, 0) is 48.7 Å². The van der Waals surface area contributed by atoms with Gasteiger partial charge in [0.05, 0.1) is 12.7 Å². The third-order valence-electron chi connectivity index (χ3n) is 5.41. The number of methoxy groups -OCH3 is 1. The number of hydrogen-bond donors (Lipinski definition) is 1. The second-order valence-electron chi connectivity index (χ2n) is 7.38. The lowest BCUT2D eigenvalue weighted by Crippen LogP contribution is -2.46. The number of rotatable bonds is 6. The molecule has 28 heavy (non-hydrogen) atoms. The van der Waals surface area contributed by atoms with E-state index in [0.717, 1.165) is 22.4 Å². The van der Waals surface area contributed by atoms with Gasteiger partial charge in [0.2, 0.25) is 5.79 Å². The van der Waals surface area contributed by atoms with Crippen molar-refractivity contribution in [2.75, 3.05) is 20.3 Å². The summed E-state index contributed by atoms with van der Waals surface area (Å²) in [6.07, 6.45) is 0.884. The molecule has 150 valence electrons. The fourth-order valence-electron chi connectivity index (χ4n) is 4.01. The molecule has 6 heteroatoms. The fraction of sp³-hybridized carbons (Fsp3) is 0.455. The Morgan fingerprint density at radius 2 is 1.96 bits per heavy atom. The maximum Gasteiger partial charge on any atom is 0.200 e. The maximum absolute atomic E-state index is 10.4. The van der Waals surface area contributed by atoms with Gasteiger partial charge in [-0.25, -0.2) is 0 Å². The van der Waals surface area contributed by atoms with Crippen molar-refractivity contribution < 1.29 is 24.1 Å². The second-order valence-corrected chi connectivity index (χ2v) is 7.79. The van der Waals surface area contributed by atoms with Crippen molar-refractivity contribution in [3.05, 3.63) is 64.2 Å². The lowest BCUT2D eigenvalue weighted by atomic mass is 9.91. The number of hydrogen-bond acceptors (Lipinski definition) is 5. The van der Waals surface area contributed by atoms with Crippen LogP contribution in [0.1, 0.15) is 36.5 Å². The van der Waals surface area contributed by atoms with Crippen LogP contribution in [0, 0.1) is 0 Å². The summed E-state index contributed by atoms with van der Waals surface area (Å²) in [6, 6.07) is 13.8. The largest absolute Gasteiger partial charge is 0.494 e. The summed E-state index contributed by atoms with van der Waals surface area (Å²) in [4.78, 5) is 0. The van der Waals surface area contributed by atoms with Crippen LogP contribution in [0.3, 0.4) is 0 Å². The van der Waals surface area contributed by atoms with Gasteiger partial charge in [0.25, 0.3) is 0 Å². The van der Waals surface area contributed by atoms with E-state index >= 15 is 0 Å². The molecule has 0 aromatic heterocycles. The van der Waals surface area contributed by atoms with Crippen molar-refractivity contribution in [1.29, 1.82) is 0 Å². The van der Waals surface area contributed by atoms with Crippen molar-refractivity contribution in [2.45, 2.75) is 43.9 Å². The molecule has 2 fully saturated rings. The topological polar surface area (TPSA) is 57.2 Å². The van der Waals surface area contributed by atoms with Crippen LogP contribution >= 0.6 is 11.6 Å². The molecular formula is C22H25ClO5. The molecule has 2 heterocycles. The van der Waals surface area contributed by atoms with E-state index in [-0.39, 0.29) is 6.61 Å². The molecular weight excluding hydrogens is 380 g/mol. The van der Waals surface area contributed by atoms with Gasteiger partial charge in [-0.15, -0.1) is 0 Å². The lowest BCUT2D eigenvalue weighted by molar-refractivity contribution is -0.305. The summed E-state index contributed by atoms with van der Waals surface area (Å²) in [5, 5.41) is 11.0. The van der Waals surface area contributed by atoms with E-state index in [1.54, 1.807) is 7.11 Å². The van der Waals surface area contributed by atoms with Crippen LogP contribution in [0.25, 0.3) is 0 Å². The van der Waals surface area contributed by atoms with Crippen molar-refractivity contribution in [3.8, 4) is 5.75 Å². The number of ether oxygens (including phenoxy) is 4. The van der Waals surface area contributed by atoms with E-state index in [1.807, 2.05) is 49.4 Å². The Bertz CT molecular complexity index is 839. The third-order valence-corrected chi connectivity index (χ3v) is 5.78. The number of aliphatic hydroxyl groups is 1. The predicted octanol–water partition coefficient (Wildman–Crippen LogP) is 4.03. The summed E-state index contributed by atoms with van der Waals surface area (Å²) in [5.41, 5.74) is 2.94. The molecule has 4 rings (SSSR count). The Morgan fingerprint density at radius 1 is 1.18 bits per heavy atom. The molecule has 0 aliphatic carbocycles. The first kappa shape index (κ1) is 19.7. The highest BCUT2D eigenvalue weighted by Crippen LogP contribution is 2.49. The van der Waals surface area contributed by atoms with Crippen LogP contribution < -0.4 is 4.74 Å². The molecule has 2 aliphatic rings. The standard InChI is InChI=1S/C22H25ClO5/c1-3-26-19-7-4-15(5-8-19)10-16-11-17(6-9-20(16)23)22-13-18(24)12-21(25-2,28-22)14-27-22/h4-9,11,18,24H,3,10,12-14H2,1-2H3/t18?,21-,22-/m1/s1. The first-order chi connectivity index (χ1) is 13.5. The van der Waals surface area contributed by atoms with E-state index in [1.165, 1.54) is 0 Å². The minimum Gasteiger partial charge on any atom is -0.494 e. The van der Waals surface area contributed by atoms with E-state index in [9.17, 15) is 5.11 Å². The van der Waals surface area contributed by atoms with E-state index < -0.39 is 17.7 Å². The molecule has 1 N–H and O–H groups in total. The minimum absolute atomic E-state index is 0.289. The Hall–Kier alpha value is -1.63. The zero-order valence-corrected chi connectivity index (χ0v) is 16.9. The van der Waals surface area contributed by atoms with Crippen LogP contribution in [0.2, 0.25) is 5.02 Å². The van der Waals surface area contributed by atoms with Crippen LogP contribution in [0.15, 0.2) is 42.5 Å². The van der Waals surface area contributed by atoms with E-state index in [4.69, 9.17) is 30.5 Å². The van der Waals surface area contributed by atoms with Gasteiger partial charge >= 0.3 is 0 Å². The molecule has 3 atom stereocenters. The number of benzene rings is 2. The van der Waals surface area contributed by atoms with Gasteiger partial charge in [0.15, 0.2) is 5.79 Å². The molecule has 0 radical (unpaired) electrons. The van der Waals surface area contributed by atoms with Crippen molar-refractivity contribution in [1.82, 2.24) is 0 Å². The van der Waals surface area contributed by atoms with Crippen LogP contribution in [-0.4, -0.2) is 37.3 Å². The summed E-state index contributed by atoms with van der Waals surface area (Å²) < 4.78 is 23.3. The van der Waals surface area contributed by atoms with E-state index in [0.29, 0.717) is 30.9 Å². The van der Waals surface area contributed by atoms with Crippen molar-refractivity contribution >= 4 is 11.6 Å². The summed E-state index contributed by atoms with van der Waals surface area (Å²) >= 11 is 6.47.